The lowest BCUT2D eigenvalue weighted by Gasteiger charge is -2.22. The van der Waals surface area contributed by atoms with Crippen molar-refractivity contribution < 1.29 is 12.8 Å². The number of nitrogens with two attached hydrogens (primary N) is 1. The number of hydrogen-bond acceptors (Lipinski definition) is 4. The van der Waals surface area contributed by atoms with Crippen LogP contribution in [0.5, 0.6) is 0 Å². The van der Waals surface area contributed by atoms with Crippen LogP contribution in [-0.4, -0.2) is 51.4 Å². The summed E-state index contributed by atoms with van der Waals surface area (Å²) in [5.74, 6) is -0.810. The molecule has 1 rings (SSSR count). The molecule has 0 unspecified atom stereocenters. The van der Waals surface area contributed by atoms with Crippen LogP contribution in [0.2, 0.25) is 0 Å². The first-order valence-corrected chi connectivity index (χ1v) is 8.82. The quantitative estimate of drug-likeness (QED) is 0.734. The molecule has 0 aromatic heterocycles. The second-order valence-corrected chi connectivity index (χ2v) is 7.73. The predicted molar refractivity (Wildman–Crippen MR) is 86.1 cm³/mol. The third-order valence-electron chi connectivity index (χ3n) is 3.00. The molecule has 120 valence electrons. The van der Waals surface area contributed by atoms with Gasteiger partial charge in [0.2, 0.25) is 10.0 Å². The molecule has 0 bridgehead atoms. The van der Waals surface area contributed by atoms with E-state index in [0.29, 0.717) is 13.0 Å². The normalized spacial score (nSPS) is 12.3. The molecular formula is C13H21BrFN3O2S. The van der Waals surface area contributed by atoms with Gasteiger partial charge >= 0.3 is 0 Å². The fraction of sp³-hybridized carbons (Fsp3) is 0.538. The smallest absolute Gasteiger partial charge is 0.246 e. The fourth-order valence-corrected chi connectivity index (χ4v) is 4.14. The van der Waals surface area contributed by atoms with Crippen molar-refractivity contribution in [2.45, 2.75) is 18.2 Å². The van der Waals surface area contributed by atoms with Crippen molar-refractivity contribution in [2.24, 2.45) is 0 Å². The van der Waals surface area contributed by atoms with E-state index < -0.39 is 15.8 Å². The lowest BCUT2D eigenvalue weighted by Crippen LogP contribution is -2.34. The Balaban J connectivity index is 3.08. The summed E-state index contributed by atoms with van der Waals surface area (Å²) in [4.78, 5) is 1.58. The molecule has 0 amide bonds. The first kappa shape index (κ1) is 18.3. The maximum atomic E-state index is 14.1. The van der Waals surface area contributed by atoms with Gasteiger partial charge in [0.1, 0.15) is 4.90 Å². The summed E-state index contributed by atoms with van der Waals surface area (Å²) in [5, 5.41) is 0. The number of halogens is 2. The molecule has 8 heteroatoms. The van der Waals surface area contributed by atoms with E-state index in [1.165, 1.54) is 10.4 Å². The van der Waals surface area contributed by atoms with Gasteiger partial charge in [-0.25, -0.2) is 12.8 Å². The minimum absolute atomic E-state index is 0.0467. The van der Waals surface area contributed by atoms with Gasteiger partial charge < -0.3 is 10.6 Å². The van der Waals surface area contributed by atoms with Crippen LogP contribution in [-0.2, 0) is 10.0 Å². The van der Waals surface area contributed by atoms with Crippen LogP contribution in [0.3, 0.4) is 0 Å². The molecule has 0 aliphatic carbocycles. The highest BCUT2D eigenvalue weighted by atomic mass is 79.9. The topological polar surface area (TPSA) is 66.6 Å². The van der Waals surface area contributed by atoms with Gasteiger partial charge in [0.25, 0.3) is 0 Å². The average molecular weight is 382 g/mol. The van der Waals surface area contributed by atoms with Gasteiger partial charge in [0, 0.05) is 18.8 Å². The lowest BCUT2D eigenvalue weighted by atomic mass is 10.3. The summed E-state index contributed by atoms with van der Waals surface area (Å²) in [5.41, 5.74) is 5.82. The molecule has 0 aliphatic rings. The van der Waals surface area contributed by atoms with Crippen molar-refractivity contribution in [1.29, 1.82) is 0 Å². The van der Waals surface area contributed by atoms with Gasteiger partial charge in [-0.15, -0.1) is 0 Å². The van der Waals surface area contributed by atoms with Crippen molar-refractivity contribution in [2.75, 3.05) is 39.5 Å². The highest BCUT2D eigenvalue weighted by Crippen LogP contribution is 2.28. The van der Waals surface area contributed by atoms with E-state index in [9.17, 15) is 12.8 Å². The van der Waals surface area contributed by atoms with Gasteiger partial charge in [-0.05, 0) is 55.1 Å². The molecule has 0 spiro atoms. The Hall–Kier alpha value is -0.700. The molecule has 1 aromatic rings. The van der Waals surface area contributed by atoms with Gasteiger partial charge in [0.05, 0.1) is 4.47 Å². The summed E-state index contributed by atoms with van der Waals surface area (Å²) in [6.07, 6.45) is 0.672. The van der Waals surface area contributed by atoms with Gasteiger partial charge in [0.15, 0.2) is 5.82 Å². The summed E-state index contributed by atoms with van der Waals surface area (Å²) in [6.45, 7) is 3.10. The van der Waals surface area contributed by atoms with E-state index in [4.69, 9.17) is 5.73 Å². The third-order valence-corrected chi connectivity index (χ3v) is 5.55. The Labute approximate surface area is 134 Å². The SMILES string of the molecule is CCN(CCCN(C)C)S(=O)(=O)c1cc(N)cc(Br)c1F. The molecule has 1 aromatic carbocycles. The van der Waals surface area contributed by atoms with Crippen molar-refractivity contribution >= 4 is 31.6 Å². The van der Waals surface area contributed by atoms with E-state index in [0.717, 1.165) is 12.6 Å². The summed E-state index contributed by atoms with van der Waals surface area (Å²) in [6, 6.07) is 2.50. The van der Waals surface area contributed by atoms with Crippen molar-refractivity contribution in [3.8, 4) is 0 Å². The molecule has 0 heterocycles. The van der Waals surface area contributed by atoms with Crippen molar-refractivity contribution in [3.05, 3.63) is 22.4 Å². The molecule has 5 nitrogen and oxygen atoms in total. The summed E-state index contributed by atoms with van der Waals surface area (Å²) < 4.78 is 40.5. The maximum absolute atomic E-state index is 14.1. The van der Waals surface area contributed by atoms with Crippen LogP contribution in [0, 0.1) is 5.82 Å². The standard InChI is InChI=1S/C13H21BrFN3O2S/c1-4-18(7-5-6-17(2)3)21(19,20)12-9-10(16)8-11(14)13(12)15/h8-9H,4-7,16H2,1-3H3. The Morgan fingerprint density at radius 1 is 1.29 bits per heavy atom. The number of nitrogen functional groups attached to an aromatic ring is 1. The molecule has 0 fully saturated rings. The van der Waals surface area contributed by atoms with Crippen LogP contribution in [0.1, 0.15) is 13.3 Å². The van der Waals surface area contributed by atoms with Crippen molar-refractivity contribution in [3.63, 3.8) is 0 Å². The highest BCUT2D eigenvalue weighted by Gasteiger charge is 2.27. The second kappa shape index (κ2) is 7.53. The fourth-order valence-electron chi connectivity index (χ4n) is 1.92. The lowest BCUT2D eigenvalue weighted by molar-refractivity contribution is 0.355. The van der Waals surface area contributed by atoms with Crippen LogP contribution in [0.4, 0.5) is 10.1 Å². The van der Waals surface area contributed by atoms with E-state index in [2.05, 4.69) is 15.9 Å². The number of rotatable bonds is 7. The van der Waals surface area contributed by atoms with E-state index in [-0.39, 0.29) is 21.6 Å². The minimum atomic E-state index is -3.89. The van der Waals surface area contributed by atoms with Crippen molar-refractivity contribution in [1.82, 2.24) is 9.21 Å². The molecule has 0 atom stereocenters. The van der Waals surface area contributed by atoms with Crippen LogP contribution >= 0.6 is 15.9 Å². The van der Waals surface area contributed by atoms with Gasteiger partial charge in [-0.3, -0.25) is 0 Å². The number of benzene rings is 1. The van der Waals surface area contributed by atoms with E-state index >= 15 is 0 Å². The Bertz CT molecular complexity index is 593. The Morgan fingerprint density at radius 3 is 2.43 bits per heavy atom. The number of sulfonamides is 1. The molecule has 0 saturated heterocycles. The Morgan fingerprint density at radius 2 is 1.90 bits per heavy atom. The second-order valence-electron chi connectivity index (χ2n) is 4.97. The number of anilines is 1. The minimum Gasteiger partial charge on any atom is -0.399 e. The number of nitrogens with zero attached hydrogens (tertiary/aromatic N) is 2. The zero-order valence-corrected chi connectivity index (χ0v) is 14.8. The van der Waals surface area contributed by atoms with E-state index in [1.54, 1.807) is 6.92 Å². The third kappa shape index (κ3) is 4.64. The number of hydrogen-bond donors (Lipinski definition) is 1. The Kier molecular flexibility index (Phi) is 6.58. The maximum Gasteiger partial charge on any atom is 0.246 e. The summed E-state index contributed by atoms with van der Waals surface area (Å²) >= 11 is 2.99. The molecule has 0 radical (unpaired) electrons. The summed E-state index contributed by atoms with van der Waals surface area (Å²) in [7, 11) is -0.0627. The van der Waals surface area contributed by atoms with E-state index in [1.807, 2.05) is 19.0 Å². The molecule has 0 aliphatic heterocycles. The zero-order chi connectivity index (χ0) is 16.2. The average Bonchev–Trinajstić information content (AvgIpc) is 2.38. The van der Waals surface area contributed by atoms with Gasteiger partial charge in [-0.1, -0.05) is 6.92 Å². The molecular weight excluding hydrogens is 361 g/mol. The monoisotopic (exact) mass is 381 g/mol. The zero-order valence-electron chi connectivity index (χ0n) is 12.4. The predicted octanol–water partition coefficient (Wildman–Crippen LogP) is 2.13. The first-order chi connectivity index (χ1) is 9.70. The highest BCUT2D eigenvalue weighted by molar-refractivity contribution is 9.10. The van der Waals surface area contributed by atoms with Crippen LogP contribution < -0.4 is 5.73 Å². The molecule has 21 heavy (non-hydrogen) atoms. The molecule has 0 saturated carbocycles. The van der Waals surface area contributed by atoms with Gasteiger partial charge in [-0.2, -0.15) is 4.31 Å². The van der Waals surface area contributed by atoms with Crippen LogP contribution in [0.25, 0.3) is 0 Å². The first-order valence-electron chi connectivity index (χ1n) is 6.59. The van der Waals surface area contributed by atoms with Crippen LogP contribution in [0.15, 0.2) is 21.5 Å². The molecule has 2 N–H and O–H groups in total. The largest absolute Gasteiger partial charge is 0.399 e.